The van der Waals surface area contributed by atoms with Gasteiger partial charge < -0.3 is 15.8 Å². The van der Waals surface area contributed by atoms with Crippen molar-refractivity contribution in [1.82, 2.24) is 0 Å². The molecule has 0 bridgehead atoms. The summed E-state index contributed by atoms with van der Waals surface area (Å²) in [5.74, 6) is -1.23. The maximum atomic E-state index is 12.2. The van der Waals surface area contributed by atoms with Crippen molar-refractivity contribution >= 4 is 45.5 Å². The minimum atomic E-state index is -0.729. The molecule has 1 aromatic carbocycles. The highest BCUT2D eigenvalue weighted by molar-refractivity contribution is 7.16. The Labute approximate surface area is 165 Å². The molecule has 0 saturated heterocycles. The number of nitrogens with one attached hydrogen (secondary N) is 1. The normalized spacial score (nSPS) is 13.2. The van der Waals surface area contributed by atoms with Crippen LogP contribution in [0.3, 0.4) is 0 Å². The number of nitriles is 1. The largest absolute Gasteiger partial charge is 0.452 e. The summed E-state index contributed by atoms with van der Waals surface area (Å²) in [5, 5.41) is 13.0. The molecule has 0 aliphatic heterocycles. The number of hydrogen-bond acceptors (Lipinski definition) is 6. The first-order valence-corrected chi connectivity index (χ1v) is 9.75. The molecule has 2 aromatic rings. The first kappa shape index (κ1) is 19.2. The number of carbonyl (C=O) groups excluding carboxylic acids is 2. The number of fused-ring (bicyclic) bond motifs is 1. The second-order valence-electron chi connectivity index (χ2n) is 6.24. The number of hydrogen-bond donors (Lipinski definition) is 2. The summed E-state index contributed by atoms with van der Waals surface area (Å²) in [4.78, 5) is 25.5. The Morgan fingerprint density at radius 2 is 2.07 bits per heavy atom. The molecule has 0 spiro atoms. The third kappa shape index (κ3) is 4.41. The van der Waals surface area contributed by atoms with E-state index in [1.54, 1.807) is 6.07 Å². The Bertz CT molecular complexity index is 933. The molecule has 1 aliphatic rings. The van der Waals surface area contributed by atoms with Crippen LogP contribution in [0.4, 0.5) is 10.7 Å². The summed E-state index contributed by atoms with van der Waals surface area (Å²) in [6.45, 7) is -0.474. The Hall–Kier alpha value is -2.56. The fourth-order valence-electron chi connectivity index (χ4n) is 3.03. The molecule has 140 valence electrons. The number of amides is 1. The maximum Gasteiger partial charge on any atom is 0.340 e. The van der Waals surface area contributed by atoms with Gasteiger partial charge in [-0.1, -0.05) is 18.0 Å². The third-order valence-electron chi connectivity index (χ3n) is 4.36. The molecule has 1 aliphatic carbocycles. The summed E-state index contributed by atoms with van der Waals surface area (Å²) in [6, 6.07) is 6.65. The van der Waals surface area contributed by atoms with E-state index in [0.717, 1.165) is 42.5 Å². The molecule has 27 heavy (non-hydrogen) atoms. The molecule has 0 radical (unpaired) electrons. The number of anilines is 2. The van der Waals surface area contributed by atoms with Crippen molar-refractivity contribution in [3.05, 3.63) is 44.8 Å². The molecule has 6 nitrogen and oxygen atoms in total. The van der Waals surface area contributed by atoms with Gasteiger partial charge in [-0.15, -0.1) is 11.3 Å². The number of carbonyl (C=O) groups is 2. The fraction of sp³-hybridized carbons (Fsp3) is 0.316. The van der Waals surface area contributed by atoms with Crippen LogP contribution in [0, 0.1) is 11.3 Å². The number of nitrogens with zero attached hydrogens (tertiary/aromatic N) is 1. The van der Waals surface area contributed by atoms with Gasteiger partial charge in [0.15, 0.2) is 6.61 Å². The first-order chi connectivity index (χ1) is 13.0. The lowest BCUT2D eigenvalue weighted by atomic mass is 10.1. The lowest BCUT2D eigenvalue weighted by Crippen LogP contribution is -2.21. The SMILES string of the molecule is N#Cc1c(NC(=O)COC(=O)c2cc(Cl)ccc2N)sc2c1CCCCC2. The van der Waals surface area contributed by atoms with Crippen molar-refractivity contribution in [2.45, 2.75) is 32.1 Å². The molecule has 3 N–H and O–H groups in total. The van der Waals surface area contributed by atoms with E-state index in [0.29, 0.717) is 15.6 Å². The number of aryl methyl sites for hydroxylation is 1. The molecular formula is C19H18ClN3O3S. The van der Waals surface area contributed by atoms with Gasteiger partial charge in [0.05, 0.1) is 11.1 Å². The van der Waals surface area contributed by atoms with Crippen LogP contribution < -0.4 is 11.1 Å². The van der Waals surface area contributed by atoms with Crippen molar-refractivity contribution in [3.8, 4) is 6.07 Å². The topological polar surface area (TPSA) is 105 Å². The number of rotatable bonds is 4. The van der Waals surface area contributed by atoms with Gasteiger partial charge in [-0.05, 0) is 49.4 Å². The van der Waals surface area contributed by atoms with E-state index in [4.69, 9.17) is 22.1 Å². The fourth-order valence-corrected chi connectivity index (χ4v) is 4.45. The molecule has 1 heterocycles. The van der Waals surface area contributed by atoms with Crippen LogP contribution in [-0.4, -0.2) is 18.5 Å². The van der Waals surface area contributed by atoms with Crippen molar-refractivity contribution in [2.75, 3.05) is 17.7 Å². The molecule has 8 heteroatoms. The summed E-state index contributed by atoms with van der Waals surface area (Å²) in [6.07, 6.45) is 5.06. The molecule has 1 aromatic heterocycles. The Morgan fingerprint density at radius 1 is 1.30 bits per heavy atom. The van der Waals surface area contributed by atoms with Gasteiger partial charge in [0, 0.05) is 15.6 Å². The number of nitrogen functional groups attached to an aromatic ring is 1. The van der Waals surface area contributed by atoms with Crippen LogP contribution in [-0.2, 0) is 22.4 Å². The summed E-state index contributed by atoms with van der Waals surface area (Å²) in [7, 11) is 0. The van der Waals surface area contributed by atoms with Crippen LogP contribution in [0.2, 0.25) is 5.02 Å². The predicted molar refractivity (Wildman–Crippen MR) is 105 cm³/mol. The average Bonchev–Trinajstić information content (AvgIpc) is 2.81. The van der Waals surface area contributed by atoms with Crippen LogP contribution in [0.1, 0.15) is 45.6 Å². The van der Waals surface area contributed by atoms with Gasteiger partial charge in [-0.2, -0.15) is 5.26 Å². The van der Waals surface area contributed by atoms with E-state index in [2.05, 4.69) is 11.4 Å². The highest BCUT2D eigenvalue weighted by Gasteiger charge is 2.21. The highest BCUT2D eigenvalue weighted by atomic mass is 35.5. The van der Waals surface area contributed by atoms with Gasteiger partial charge in [0.25, 0.3) is 5.91 Å². The standard InChI is InChI=1S/C19H18ClN3O3S/c20-11-6-7-15(22)13(8-11)19(25)26-10-17(24)23-18-14(9-21)12-4-2-1-3-5-16(12)27-18/h6-8H,1-5,10,22H2,(H,23,24). The van der Waals surface area contributed by atoms with Crippen LogP contribution >= 0.6 is 22.9 Å². The number of thiophene rings is 1. The smallest absolute Gasteiger partial charge is 0.340 e. The molecule has 0 saturated carbocycles. The number of benzene rings is 1. The minimum absolute atomic E-state index is 0.107. The van der Waals surface area contributed by atoms with E-state index in [9.17, 15) is 14.9 Å². The van der Waals surface area contributed by atoms with E-state index >= 15 is 0 Å². The molecule has 1 amide bonds. The van der Waals surface area contributed by atoms with Crippen LogP contribution in [0.5, 0.6) is 0 Å². The lowest BCUT2D eigenvalue weighted by Gasteiger charge is -2.08. The summed E-state index contributed by atoms with van der Waals surface area (Å²) < 4.78 is 5.03. The first-order valence-electron chi connectivity index (χ1n) is 8.56. The Kier molecular flexibility index (Phi) is 5.99. The zero-order valence-corrected chi connectivity index (χ0v) is 16.1. The number of halogens is 1. The number of esters is 1. The van der Waals surface area contributed by atoms with E-state index in [-0.39, 0.29) is 11.3 Å². The van der Waals surface area contributed by atoms with Crippen LogP contribution in [0.25, 0.3) is 0 Å². The van der Waals surface area contributed by atoms with Crippen molar-refractivity contribution in [2.24, 2.45) is 0 Å². The highest BCUT2D eigenvalue weighted by Crippen LogP contribution is 2.36. The minimum Gasteiger partial charge on any atom is -0.452 e. The zero-order valence-electron chi connectivity index (χ0n) is 14.5. The lowest BCUT2D eigenvalue weighted by molar-refractivity contribution is -0.119. The number of ether oxygens (including phenoxy) is 1. The third-order valence-corrected chi connectivity index (χ3v) is 5.80. The van der Waals surface area contributed by atoms with Gasteiger partial charge in [-0.3, -0.25) is 4.79 Å². The molecular weight excluding hydrogens is 386 g/mol. The quantitative estimate of drug-likeness (QED) is 0.457. The van der Waals surface area contributed by atoms with Crippen molar-refractivity contribution < 1.29 is 14.3 Å². The predicted octanol–water partition coefficient (Wildman–Crippen LogP) is 3.92. The maximum absolute atomic E-state index is 12.2. The van der Waals surface area contributed by atoms with Crippen molar-refractivity contribution in [3.63, 3.8) is 0 Å². The van der Waals surface area contributed by atoms with E-state index < -0.39 is 18.5 Å². The second kappa shape index (κ2) is 8.42. The summed E-state index contributed by atoms with van der Waals surface area (Å²) >= 11 is 7.28. The Balaban J connectivity index is 1.65. The van der Waals surface area contributed by atoms with Crippen LogP contribution in [0.15, 0.2) is 18.2 Å². The molecule has 0 fully saturated rings. The second-order valence-corrected chi connectivity index (χ2v) is 7.78. The van der Waals surface area contributed by atoms with E-state index in [1.165, 1.54) is 23.5 Å². The van der Waals surface area contributed by atoms with Gasteiger partial charge >= 0.3 is 5.97 Å². The van der Waals surface area contributed by atoms with E-state index in [1.807, 2.05) is 0 Å². The average molecular weight is 404 g/mol. The zero-order chi connectivity index (χ0) is 19.4. The molecule has 3 rings (SSSR count). The van der Waals surface area contributed by atoms with Gasteiger partial charge in [0.1, 0.15) is 11.1 Å². The Morgan fingerprint density at radius 3 is 2.85 bits per heavy atom. The monoisotopic (exact) mass is 403 g/mol. The number of nitrogens with two attached hydrogens (primary N) is 1. The van der Waals surface area contributed by atoms with Gasteiger partial charge in [-0.25, -0.2) is 4.79 Å². The summed E-state index contributed by atoms with van der Waals surface area (Å²) in [5.41, 5.74) is 7.63. The molecule has 0 atom stereocenters. The van der Waals surface area contributed by atoms with Gasteiger partial charge in [0.2, 0.25) is 0 Å². The van der Waals surface area contributed by atoms with Crippen molar-refractivity contribution in [1.29, 1.82) is 5.26 Å². The molecule has 0 unspecified atom stereocenters.